The van der Waals surface area contributed by atoms with Crippen molar-refractivity contribution >= 4 is 23.3 Å². The van der Waals surface area contributed by atoms with E-state index in [9.17, 15) is 19.7 Å². The molecular weight excluding hydrogens is 280 g/mol. The summed E-state index contributed by atoms with van der Waals surface area (Å²) in [5, 5.41) is 28.9. The number of aromatic carboxylic acids is 1. The SMILES string of the molecule is O=C(O)c1ccc(N2CCC(C(=O)O)CC2)c([N+](=O)[O-])c1. The quantitative estimate of drug-likeness (QED) is 0.638. The van der Waals surface area contributed by atoms with Crippen molar-refractivity contribution in [1.82, 2.24) is 0 Å². The van der Waals surface area contributed by atoms with Crippen LogP contribution in [0.5, 0.6) is 0 Å². The lowest BCUT2D eigenvalue weighted by molar-refractivity contribution is -0.384. The zero-order valence-corrected chi connectivity index (χ0v) is 11.1. The van der Waals surface area contributed by atoms with Crippen LogP contribution in [0.15, 0.2) is 18.2 Å². The summed E-state index contributed by atoms with van der Waals surface area (Å²) in [4.78, 5) is 34.0. The average molecular weight is 294 g/mol. The lowest BCUT2D eigenvalue weighted by Crippen LogP contribution is -2.36. The fraction of sp³-hybridized carbons (Fsp3) is 0.385. The molecule has 1 aromatic carbocycles. The molecule has 0 radical (unpaired) electrons. The highest BCUT2D eigenvalue weighted by Gasteiger charge is 2.28. The van der Waals surface area contributed by atoms with Gasteiger partial charge in [0.05, 0.1) is 16.4 Å². The van der Waals surface area contributed by atoms with Crippen LogP contribution in [0.4, 0.5) is 11.4 Å². The number of hydrogen-bond acceptors (Lipinski definition) is 5. The van der Waals surface area contributed by atoms with Crippen LogP contribution >= 0.6 is 0 Å². The molecule has 2 N–H and O–H groups in total. The minimum Gasteiger partial charge on any atom is -0.481 e. The van der Waals surface area contributed by atoms with E-state index in [1.807, 2.05) is 0 Å². The Balaban J connectivity index is 2.26. The standard InChI is InChI=1S/C13H14N2O6/c16-12(17)8-3-5-14(6-4-8)10-2-1-9(13(18)19)7-11(10)15(20)21/h1-2,7-8H,3-6H2,(H,16,17)(H,18,19). The summed E-state index contributed by atoms with van der Waals surface area (Å²) in [5.41, 5.74) is -0.0941. The fourth-order valence-electron chi connectivity index (χ4n) is 2.44. The van der Waals surface area contributed by atoms with E-state index in [1.165, 1.54) is 12.1 Å². The van der Waals surface area contributed by atoms with Crippen molar-refractivity contribution < 1.29 is 24.7 Å². The molecule has 0 unspecified atom stereocenters. The van der Waals surface area contributed by atoms with Gasteiger partial charge in [-0.15, -0.1) is 0 Å². The summed E-state index contributed by atoms with van der Waals surface area (Å²) >= 11 is 0. The van der Waals surface area contributed by atoms with Gasteiger partial charge in [-0.05, 0) is 25.0 Å². The lowest BCUT2D eigenvalue weighted by atomic mass is 9.96. The van der Waals surface area contributed by atoms with Crippen LogP contribution in [-0.2, 0) is 4.79 Å². The average Bonchev–Trinajstić information content (AvgIpc) is 2.46. The lowest BCUT2D eigenvalue weighted by Gasteiger charge is -2.31. The summed E-state index contributed by atoms with van der Waals surface area (Å²) in [6.45, 7) is 0.786. The summed E-state index contributed by atoms with van der Waals surface area (Å²) in [5.74, 6) is -2.52. The molecule has 0 atom stereocenters. The number of rotatable bonds is 4. The van der Waals surface area contributed by atoms with E-state index < -0.39 is 22.8 Å². The largest absolute Gasteiger partial charge is 0.481 e. The topological polar surface area (TPSA) is 121 Å². The van der Waals surface area contributed by atoms with E-state index in [0.717, 1.165) is 6.07 Å². The second-order valence-electron chi connectivity index (χ2n) is 4.87. The third-order valence-corrected chi connectivity index (χ3v) is 3.60. The van der Waals surface area contributed by atoms with E-state index in [-0.39, 0.29) is 11.3 Å². The number of carbonyl (C=O) groups is 2. The molecule has 1 saturated heterocycles. The van der Waals surface area contributed by atoms with Crippen LogP contribution < -0.4 is 4.90 Å². The monoisotopic (exact) mass is 294 g/mol. The maximum atomic E-state index is 11.1. The van der Waals surface area contributed by atoms with E-state index in [4.69, 9.17) is 10.2 Å². The van der Waals surface area contributed by atoms with Gasteiger partial charge in [0.2, 0.25) is 0 Å². The molecular formula is C13H14N2O6. The van der Waals surface area contributed by atoms with Gasteiger partial charge in [0, 0.05) is 19.2 Å². The highest BCUT2D eigenvalue weighted by molar-refractivity contribution is 5.89. The van der Waals surface area contributed by atoms with Crippen molar-refractivity contribution in [2.75, 3.05) is 18.0 Å². The van der Waals surface area contributed by atoms with Gasteiger partial charge >= 0.3 is 11.9 Å². The Hall–Kier alpha value is -2.64. The molecule has 0 saturated carbocycles. The Labute approximate surface area is 119 Å². The Morgan fingerprint density at radius 1 is 1.24 bits per heavy atom. The van der Waals surface area contributed by atoms with Gasteiger partial charge in [0.25, 0.3) is 5.69 Å². The van der Waals surface area contributed by atoms with Gasteiger partial charge in [0.15, 0.2) is 0 Å². The first-order chi connectivity index (χ1) is 9.90. The van der Waals surface area contributed by atoms with Crippen LogP contribution in [0.1, 0.15) is 23.2 Å². The van der Waals surface area contributed by atoms with E-state index >= 15 is 0 Å². The normalized spacial score (nSPS) is 15.7. The predicted molar refractivity (Wildman–Crippen MR) is 72.6 cm³/mol. The Bertz CT molecular complexity index is 592. The number of carboxylic acids is 2. The van der Waals surface area contributed by atoms with E-state index in [0.29, 0.717) is 31.6 Å². The first kappa shape index (κ1) is 14.8. The number of benzene rings is 1. The molecule has 0 bridgehead atoms. The molecule has 0 aliphatic carbocycles. The van der Waals surface area contributed by atoms with Gasteiger partial charge in [0.1, 0.15) is 5.69 Å². The summed E-state index contributed by atoms with van der Waals surface area (Å²) in [7, 11) is 0. The minimum absolute atomic E-state index is 0.147. The molecule has 0 spiro atoms. The maximum Gasteiger partial charge on any atom is 0.335 e. The number of anilines is 1. The zero-order valence-electron chi connectivity index (χ0n) is 11.1. The number of carboxylic acid groups (broad SMARTS) is 2. The van der Waals surface area contributed by atoms with Crippen molar-refractivity contribution in [3.8, 4) is 0 Å². The first-order valence-corrected chi connectivity index (χ1v) is 6.39. The Morgan fingerprint density at radius 2 is 1.86 bits per heavy atom. The van der Waals surface area contributed by atoms with Crippen LogP contribution in [0, 0.1) is 16.0 Å². The number of nitro groups is 1. The molecule has 1 fully saturated rings. The van der Waals surface area contributed by atoms with Crippen LogP contribution in [0.2, 0.25) is 0 Å². The second-order valence-corrected chi connectivity index (χ2v) is 4.87. The highest BCUT2D eigenvalue weighted by Crippen LogP contribution is 2.32. The van der Waals surface area contributed by atoms with Crippen molar-refractivity contribution in [3.05, 3.63) is 33.9 Å². The highest BCUT2D eigenvalue weighted by atomic mass is 16.6. The van der Waals surface area contributed by atoms with Gasteiger partial charge in [-0.1, -0.05) is 0 Å². The zero-order chi connectivity index (χ0) is 15.6. The number of nitro benzene ring substituents is 1. The van der Waals surface area contributed by atoms with E-state index in [2.05, 4.69) is 0 Å². The molecule has 0 amide bonds. The third-order valence-electron chi connectivity index (χ3n) is 3.60. The predicted octanol–water partition coefficient (Wildman–Crippen LogP) is 1.59. The molecule has 8 nitrogen and oxygen atoms in total. The third kappa shape index (κ3) is 3.10. The molecule has 1 aliphatic rings. The molecule has 112 valence electrons. The Morgan fingerprint density at radius 3 is 2.33 bits per heavy atom. The molecule has 2 rings (SSSR count). The van der Waals surface area contributed by atoms with Crippen LogP contribution in [-0.4, -0.2) is 40.2 Å². The van der Waals surface area contributed by atoms with Gasteiger partial charge in [-0.2, -0.15) is 0 Å². The molecule has 8 heteroatoms. The van der Waals surface area contributed by atoms with E-state index in [1.54, 1.807) is 4.90 Å². The number of hydrogen-bond donors (Lipinski definition) is 2. The van der Waals surface area contributed by atoms with Crippen molar-refractivity contribution in [2.45, 2.75) is 12.8 Å². The van der Waals surface area contributed by atoms with Crippen molar-refractivity contribution in [1.29, 1.82) is 0 Å². The molecule has 0 aromatic heterocycles. The Kier molecular flexibility index (Phi) is 4.06. The second kappa shape index (κ2) is 5.78. The summed E-state index contributed by atoms with van der Waals surface area (Å²) in [6.07, 6.45) is 0.820. The maximum absolute atomic E-state index is 11.1. The minimum atomic E-state index is -1.23. The van der Waals surface area contributed by atoms with Gasteiger partial charge < -0.3 is 15.1 Å². The number of nitrogens with zero attached hydrogens (tertiary/aromatic N) is 2. The fourth-order valence-corrected chi connectivity index (χ4v) is 2.44. The summed E-state index contributed by atoms with van der Waals surface area (Å²) < 4.78 is 0. The summed E-state index contributed by atoms with van der Waals surface area (Å²) in [6, 6.07) is 3.75. The van der Waals surface area contributed by atoms with Crippen molar-refractivity contribution in [3.63, 3.8) is 0 Å². The molecule has 1 heterocycles. The first-order valence-electron chi connectivity index (χ1n) is 6.39. The smallest absolute Gasteiger partial charge is 0.335 e. The molecule has 1 aromatic rings. The molecule has 1 aliphatic heterocycles. The van der Waals surface area contributed by atoms with Crippen LogP contribution in [0.25, 0.3) is 0 Å². The number of piperidine rings is 1. The van der Waals surface area contributed by atoms with Crippen molar-refractivity contribution in [2.24, 2.45) is 5.92 Å². The molecule has 21 heavy (non-hydrogen) atoms. The van der Waals surface area contributed by atoms with Crippen LogP contribution in [0.3, 0.4) is 0 Å². The van der Waals surface area contributed by atoms with Gasteiger partial charge in [-0.3, -0.25) is 14.9 Å². The van der Waals surface area contributed by atoms with Gasteiger partial charge in [-0.25, -0.2) is 4.79 Å². The number of aliphatic carboxylic acids is 1.